The largest absolute Gasteiger partial charge is 0.376 e. The molecule has 1 aromatic carbocycles. The van der Waals surface area contributed by atoms with Crippen molar-refractivity contribution in [2.24, 2.45) is 0 Å². The molecule has 2 aliphatic rings. The first-order valence-corrected chi connectivity index (χ1v) is 11.4. The second-order valence-electron chi connectivity index (χ2n) is 7.64. The monoisotopic (exact) mass is 418 g/mol. The number of rotatable bonds is 6. The summed E-state index contributed by atoms with van der Waals surface area (Å²) in [7, 11) is 0. The van der Waals surface area contributed by atoms with Gasteiger partial charge in [-0.05, 0) is 49.9 Å². The Morgan fingerprint density at radius 3 is 2.55 bits per heavy atom. The van der Waals surface area contributed by atoms with Gasteiger partial charge in [-0.1, -0.05) is 24.6 Å². The predicted octanol–water partition coefficient (Wildman–Crippen LogP) is 3.76. The molecule has 4 rings (SSSR count). The van der Waals surface area contributed by atoms with Crippen LogP contribution in [0, 0.1) is 5.82 Å². The van der Waals surface area contributed by atoms with Crippen molar-refractivity contribution < 1.29 is 13.9 Å². The number of hydrogen-bond acceptors (Lipinski definition) is 5. The minimum atomic E-state index is -0.281. The van der Waals surface area contributed by atoms with Crippen LogP contribution in [-0.2, 0) is 16.1 Å². The Morgan fingerprint density at radius 2 is 1.86 bits per heavy atom. The number of thioether (sulfide) groups is 1. The standard InChI is InChI=1S/C21H27FN4O2S/c22-17-9-7-16(8-10-17)20-23-24-21(26(20)14-18-6-5-13-28-18)29-15-19(27)25-11-3-1-2-4-12-25/h7-10,18H,1-6,11-15H2. The molecule has 0 bridgehead atoms. The van der Waals surface area contributed by atoms with Gasteiger partial charge in [-0.25, -0.2) is 4.39 Å². The molecule has 0 spiro atoms. The fourth-order valence-corrected chi connectivity index (χ4v) is 4.75. The lowest BCUT2D eigenvalue weighted by Gasteiger charge is -2.20. The molecule has 0 radical (unpaired) electrons. The first-order chi connectivity index (χ1) is 14.2. The number of aromatic nitrogens is 3. The molecule has 1 amide bonds. The van der Waals surface area contributed by atoms with E-state index in [1.165, 1.54) is 36.7 Å². The number of likely N-dealkylation sites (tertiary alicyclic amines) is 1. The number of ether oxygens (including phenoxy) is 1. The number of halogens is 1. The molecule has 1 unspecified atom stereocenters. The normalized spacial score (nSPS) is 20.0. The summed E-state index contributed by atoms with van der Waals surface area (Å²) in [5.74, 6) is 0.918. The highest BCUT2D eigenvalue weighted by Gasteiger charge is 2.23. The van der Waals surface area contributed by atoms with Gasteiger partial charge >= 0.3 is 0 Å². The van der Waals surface area contributed by atoms with Crippen molar-refractivity contribution in [1.29, 1.82) is 0 Å². The SMILES string of the molecule is O=C(CSc1nnc(-c2ccc(F)cc2)n1CC1CCCO1)N1CCCCCC1. The van der Waals surface area contributed by atoms with E-state index in [9.17, 15) is 9.18 Å². The van der Waals surface area contributed by atoms with E-state index in [0.29, 0.717) is 23.3 Å². The molecule has 0 aliphatic carbocycles. The van der Waals surface area contributed by atoms with Gasteiger partial charge in [-0.2, -0.15) is 0 Å². The third-order valence-electron chi connectivity index (χ3n) is 5.51. The Kier molecular flexibility index (Phi) is 6.82. The van der Waals surface area contributed by atoms with Crippen molar-refractivity contribution in [2.75, 3.05) is 25.4 Å². The van der Waals surface area contributed by atoms with Crippen LogP contribution in [0.25, 0.3) is 11.4 Å². The van der Waals surface area contributed by atoms with Crippen LogP contribution in [0.15, 0.2) is 29.4 Å². The van der Waals surface area contributed by atoms with E-state index < -0.39 is 0 Å². The third-order valence-corrected chi connectivity index (χ3v) is 6.46. The van der Waals surface area contributed by atoms with Gasteiger partial charge in [0.15, 0.2) is 11.0 Å². The lowest BCUT2D eigenvalue weighted by Crippen LogP contribution is -2.33. The fraction of sp³-hybridized carbons (Fsp3) is 0.571. The maximum atomic E-state index is 13.3. The minimum absolute atomic E-state index is 0.117. The van der Waals surface area contributed by atoms with Crippen LogP contribution in [-0.4, -0.2) is 57.1 Å². The van der Waals surface area contributed by atoms with Crippen LogP contribution < -0.4 is 0 Å². The van der Waals surface area contributed by atoms with Crippen LogP contribution in [0.1, 0.15) is 38.5 Å². The highest BCUT2D eigenvalue weighted by atomic mass is 32.2. The van der Waals surface area contributed by atoms with Gasteiger partial charge in [0.1, 0.15) is 5.82 Å². The Morgan fingerprint density at radius 1 is 1.10 bits per heavy atom. The molecule has 1 aromatic heterocycles. The molecule has 156 valence electrons. The summed E-state index contributed by atoms with van der Waals surface area (Å²) in [6.45, 7) is 3.11. The molecular formula is C21H27FN4O2S. The zero-order valence-corrected chi connectivity index (χ0v) is 17.4. The van der Waals surface area contributed by atoms with Gasteiger partial charge in [-0.15, -0.1) is 10.2 Å². The number of hydrogen-bond donors (Lipinski definition) is 0. The molecule has 2 saturated heterocycles. The lowest BCUT2D eigenvalue weighted by molar-refractivity contribution is -0.128. The number of carbonyl (C=O) groups is 1. The van der Waals surface area contributed by atoms with Crippen LogP contribution in [0.5, 0.6) is 0 Å². The quantitative estimate of drug-likeness (QED) is 0.669. The number of amides is 1. The summed E-state index contributed by atoms with van der Waals surface area (Å²) in [5, 5.41) is 9.41. The molecule has 2 aromatic rings. The summed E-state index contributed by atoms with van der Waals surface area (Å²) in [6.07, 6.45) is 6.74. The number of carbonyl (C=O) groups excluding carboxylic acids is 1. The molecule has 8 heteroatoms. The molecule has 29 heavy (non-hydrogen) atoms. The molecule has 2 fully saturated rings. The second-order valence-corrected chi connectivity index (χ2v) is 8.58. The molecule has 2 aliphatic heterocycles. The van der Waals surface area contributed by atoms with Crippen LogP contribution in [0.4, 0.5) is 4.39 Å². The lowest BCUT2D eigenvalue weighted by atomic mass is 10.2. The zero-order chi connectivity index (χ0) is 20.1. The smallest absolute Gasteiger partial charge is 0.233 e. The molecule has 0 N–H and O–H groups in total. The van der Waals surface area contributed by atoms with Crippen molar-refractivity contribution >= 4 is 17.7 Å². The molecule has 6 nitrogen and oxygen atoms in total. The van der Waals surface area contributed by atoms with Gasteiger partial charge in [0, 0.05) is 25.3 Å². The van der Waals surface area contributed by atoms with E-state index in [1.807, 2.05) is 9.47 Å². The van der Waals surface area contributed by atoms with E-state index >= 15 is 0 Å². The number of benzene rings is 1. The van der Waals surface area contributed by atoms with Crippen LogP contribution in [0.2, 0.25) is 0 Å². The Bertz CT molecular complexity index is 813. The van der Waals surface area contributed by atoms with E-state index in [-0.39, 0.29) is 17.8 Å². The van der Waals surface area contributed by atoms with Crippen molar-refractivity contribution in [3.05, 3.63) is 30.1 Å². The van der Waals surface area contributed by atoms with E-state index in [1.54, 1.807) is 12.1 Å². The van der Waals surface area contributed by atoms with Crippen molar-refractivity contribution in [2.45, 2.75) is 56.3 Å². The second kappa shape index (κ2) is 9.71. The summed E-state index contributed by atoms with van der Waals surface area (Å²) >= 11 is 1.43. The van der Waals surface area contributed by atoms with E-state index in [4.69, 9.17) is 4.74 Å². The average molecular weight is 419 g/mol. The summed E-state index contributed by atoms with van der Waals surface area (Å²) < 4.78 is 21.2. The Labute approximate surface area is 174 Å². The van der Waals surface area contributed by atoms with E-state index in [2.05, 4.69) is 10.2 Å². The van der Waals surface area contributed by atoms with Crippen molar-refractivity contribution in [1.82, 2.24) is 19.7 Å². The van der Waals surface area contributed by atoms with Gasteiger partial charge in [0.25, 0.3) is 0 Å². The summed E-state index contributed by atoms with van der Waals surface area (Å²) in [5.41, 5.74) is 0.808. The summed E-state index contributed by atoms with van der Waals surface area (Å²) in [4.78, 5) is 14.6. The zero-order valence-electron chi connectivity index (χ0n) is 16.6. The van der Waals surface area contributed by atoms with Crippen LogP contribution >= 0.6 is 11.8 Å². The maximum absolute atomic E-state index is 13.3. The topological polar surface area (TPSA) is 60.3 Å². The van der Waals surface area contributed by atoms with Crippen molar-refractivity contribution in [3.8, 4) is 11.4 Å². The highest BCUT2D eigenvalue weighted by Crippen LogP contribution is 2.27. The Balaban J connectivity index is 1.50. The minimum Gasteiger partial charge on any atom is -0.376 e. The van der Waals surface area contributed by atoms with Gasteiger partial charge in [0.05, 0.1) is 18.4 Å². The molecular weight excluding hydrogens is 391 g/mol. The third kappa shape index (κ3) is 5.17. The highest BCUT2D eigenvalue weighted by molar-refractivity contribution is 7.99. The molecule has 3 heterocycles. The van der Waals surface area contributed by atoms with Crippen LogP contribution in [0.3, 0.4) is 0 Å². The Hall–Kier alpha value is -1.93. The average Bonchev–Trinajstić information content (AvgIpc) is 3.29. The summed E-state index contributed by atoms with van der Waals surface area (Å²) in [6, 6.07) is 6.27. The first kappa shape index (κ1) is 20.3. The van der Waals surface area contributed by atoms with Crippen molar-refractivity contribution in [3.63, 3.8) is 0 Å². The maximum Gasteiger partial charge on any atom is 0.233 e. The number of nitrogens with zero attached hydrogens (tertiary/aromatic N) is 4. The van der Waals surface area contributed by atoms with Gasteiger partial charge < -0.3 is 9.64 Å². The molecule has 0 saturated carbocycles. The fourth-order valence-electron chi connectivity index (χ4n) is 3.90. The van der Waals surface area contributed by atoms with Gasteiger partial charge in [0.2, 0.25) is 5.91 Å². The molecule has 1 atom stereocenters. The first-order valence-electron chi connectivity index (χ1n) is 10.4. The van der Waals surface area contributed by atoms with E-state index in [0.717, 1.165) is 50.9 Å². The van der Waals surface area contributed by atoms with Gasteiger partial charge in [-0.3, -0.25) is 9.36 Å². The predicted molar refractivity (Wildman–Crippen MR) is 110 cm³/mol.